The molecule has 4 rings (SSSR count). The average molecular weight is 372 g/mol. The number of hydrogen-bond donors (Lipinski definition) is 1. The second-order valence-electron chi connectivity index (χ2n) is 6.56. The summed E-state index contributed by atoms with van der Waals surface area (Å²) in [7, 11) is 0. The Morgan fingerprint density at radius 2 is 1.93 bits per heavy atom. The summed E-state index contributed by atoms with van der Waals surface area (Å²) >= 11 is 1.59. The van der Waals surface area contributed by atoms with E-state index in [2.05, 4.69) is 17.1 Å². The Bertz CT molecular complexity index is 1220. The summed E-state index contributed by atoms with van der Waals surface area (Å²) in [6.45, 7) is 1.93. The molecule has 0 amide bonds. The first-order chi connectivity index (χ1) is 13.1. The molecule has 4 aromatic rings. The van der Waals surface area contributed by atoms with Crippen molar-refractivity contribution in [3.63, 3.8) is 0 Å². The first kappa shape index (κ1) is 17.2. The van der Waals surface area contributed by atoms with E-state index in [1.165, 1.54) is 0 Å². The van der Waals surface area contributed by atoms with Crippen molar-refractivity contribution in [3.8, 4) is 17.2 Å². The van der Waals surface area contributed by atoms with Crippen molar-refractivity contribution in [1.82, 2.24) is 4.98 Å². The van der Waals surface area contributed by atoms with Crippen molar-refractivity contribution in [1.29, 1.82) is 5.26 Å². The molecule has 1 unspecified atom stereocenters. The lowest BCUT2D eigenvalue weighted by Gasteiger charge is -2.09. The van der Waals surface area contributed by atoms with Gasteiger partial charge >= 0.3 is 5.97 Å². The number of rotatable bonds is 4. The maximum Gasteiger partial charge on any atom is 0.303 e. The fourth-order valence-corrected chi connectivity index (χ4v) is 4.54. The Balaban J connectivity index is 1.93. The normalized spacial score (nSPS) is 12.1. The lowest BCUT2D eigenvalue weighted by atomic mass is 9.94. The number of aliphatic carboxylic acids is 1. The molecule has 4 nitrogen and oxygen atoms in total. The van der Waals surface area contributed by atoms with Gasteiger partial charge in [-0.3, -0.25) is 9.78 Å². The van der Waals surface area contributed by atoms with E-state index in [1.807, 2.05) is 55.7 Å². The quantitative estimate of drug-likeness (QED) is 0.508. The molecular formula is C22H16N2O2S. The van der Waals surface area contributed by atoms with Crippen LogP contribution in [0.5, 0.6) is 0 Å². The van der Waals surface area contributed by atoms with Gasteiger partial charge in [-0.25, -0.2) is 0 Å². The highest BCUT2D eigenvalue weighted by atomic mass is 32.1. The number of nitrogens with zero attached hydrogens (tertiary/aromatic N) is 2. The predicted molar refractivity (Wildman–Crippen MR) is 108 cm³/mol. The van der Waals surface area contributed by atoms with Gasteiger partial charge in [-0.2, -0.15) is 5.26 Å². The second-order valence-corrected chi connectivity index (χ2v) is 7.68. The van der Waals surface area contributed by atoms with Crippen LogP contribution in [0.3, 0.4) is 0 Å². The molecule has 0 fully saturated rings. The third kappa shape index (κ3) is 3.05. The molecule has 0 radical (unpaired) electrons. The van der Waals surface area contributed by atoms with Gasteiger partial charge in [0.05, 0.1) is 22.8 Å². The molecule has 1 atom stereocenters. The molecule has 0 spiro atoms. The van der Waals surface area contributed by atoms with E-state index >= 15 is 0 Å². The van der Waals surface area contributed by atoms with Crippen molar-refractivity contribution >= 4 is 38.2 Å². The molecule has 2 aromatic heterocycles. The van der Waals surface area contributed by atoms with Crippen molar-refractivity contribution in [2.45, 2.75) is 19.3 Å². The number of benzene rings is 2. The monoisotopic (exact) mass is 372 g/mol. The number of aromatic nitrogens is 1. The van der Waals surface area contributed by atoms with E-state index in [1.54, 1.807) is 11.3 Å². The van der Waals surface area contributed by atoms with Crippen LogP contribution in [0.2, 0.25) is 0 Å². The number of pyridine rings is 1. The Morgan fingerprint density at radius 1 is 1.15 bits per heavy atom. The van der Waals surface area contributed by atoms with Crippen molar-refractivity contribution in [2.24, 2.45) is 0 Å². The van der Waals surface area contributed by atoms with Gasteiger partial charge in [0, 0.05) is 39.5 Å². The highest BCUT2D eigenvalue weighted by molar-refractivity contribution is 7.19. The number of thiophene rings is 1. The number of nitriles is 1. The fraction of sp³-hybridized carbons (Fsp3) is 0.136. The maximum atomic E-state index is 11.1. The van der Waals surface area contributed by atoms with Crippen LogP contribution in [-0.4, -0.2) is 16.1 Å². The zero-order valence-corrected chi connectivity index (χ0v) is 15.5. The van der Waals surface area contributed by atoms with Crippen molar-refractivity contribution < 1.29 is 9.90 Å². The second kappa shape index (κ2) is 6.82. The molecule has 5 heteroatoms. The summed E-state index contributed by atoms with van der Waals surface area (Å²) in [5, 5.41) is 21.5. The number of carbonyl (C=O) groups is 1. The molecule has 0 aliphatic carbocycles. The molecule has 0 aliphatic heterocycles. The number of carboxylic acids is 1. The summed E-state index contributed by atoms with van der Waals surface area (Å²) in [6.07, 6.45) is 3.77. The van der Waals surface area contributed by atoms with Crippen LogP contribution in [-0.2, 0) is 4.79 Å². The topological polar surface area (TPSA) is 74.0 Å². The molecule has 2 aromatic carbocycles. The van der Waals surface area contributed by atoms with Gasteiger partial charge in [-0.1, -0.05) is 37.3 Å². The standard InChI is InChI=1S/C22H16N2O2S/c1-13(8-22(25)26)20-9-18-19(11-24-12-21(18)27-20)17-7-6-14(10-23)15-4-2-3-5-16(15)17/h2-7,9,11-13H,8H2,1H3,(H,25,26). The summed E-state index contributed by atoms with van der Waals surface area (Å²) in [6, 6.07) is 16.0. The van der Waals surface area contributed by atoms with E-state index in [9.17, 15) is 10.1 Å². The molecule has 1 N–H and O–H groups in total. The first-order valence-electron chi connectivity index (χ1n) is 8.60. The van der Waals surface area contributed by atoms with Crippen LogP contribution in [0.15, 0.2) is 54.9 Å². The number of fused-ring (bicyclic) bond motifs is 2. The molecular weight excluding hydrogens is 356 g/mol. The predicted octanol–water partition coefficient (Wildman–Crippen LogP) is 5.57. The average Bonchev–Trinajstić information content (AvgIpc) is 3.11. The largest absolute Gasteiger partial charge is 0.481 e. The van der Waals surface area contributed by atoms with E-state index in [4.69, 9.17) is 5.11 Å². The minimum atomic E-state index is -0.795. The van der Waals surface area contributed by atoms with Gasteiger partial charge < -0.3 is 5.11 Å². The third-order valence-corrected chi connectivity index (χ3v) is 6.07. The zero-order chi connectivity index (χ0) is 19.0. The van der Waals surface area contributed by atoms with E-state index in [0.29, 0.717) is 5.56 Å². The van der Waals surface area contributed by atoms with Gasteiger partial charge in [0.15, 0.2) is 0 Å². The lowest BCUT2D eigenvalue weighted by molar-refractivity contribution is -0.137. The van der Waals surface area contributed by atoms with Crippen LogP contribution < -0.4 is 0 Å². The van der Waals surface area contributed by atoms with Crippen LogP contribution in [0.25, 0.3) is 32.0 Å². The van der Waals surface area contributed by atoms with Crippen LogP contribution >= 0.6 is 11.3 Å². The van der Waals surface area contributed by atoms with E-state index in [-0.39, 0.29) is 12.3 Å². The van der Waals surface area contributed by atoms with Gasteiger partial charge in [-0.05, 0) is 23.1 Å². The lowest BCUT2D eigenvalue weighted by Crippen LogP contribution is -2.00. The highest BCUT2D eigenvalue weighted by Gasteiger charge is 2.17. The maximum absolute atomic E-state index is 11.1. The Kier molecular flexibility index (Phi) is 4.35. The Morgan fingerprint density at radius 3 is 2.67 bits per heavy atom. The van der Waals surface area contributed by atoms with Crippen molar-refractivity contribution in [3.05, 3.63) is 65.3 Å². The van der Waals surface area contributed by atoms with Gasteiger partial charge in [0.2, 0.25) is 0 Å². The smallest absolute Gasteiger partial charge is 0.303 e. The Labute approximate surface area is 160 Å². The summed E-state index contributed by atoms with van der Waals surface area (Å²) in [5.41, 5.74) is 2.67. The SMILES string of the molecule is CC(CC(=O)O)c1cc2c(-c3ccc(C#N)c4ccccc34)cncc2s1. The van der Waals surface area contributed by atoms with Crippen molar-refractivity contribution in [2.75, 3.05) is 0 Å². The third-order valence-electron chi connectivity index (χ3n) is 4.77. The molecule has 27 heavy (non-hydrogen) atoms. The number of hydrogen-bond acceptors (Lipinski definition) is 4. The molecule has 0 bridgehead atoms. The first-order valence-corrected chi connectivity index (χ1v) is 9.41. The highest BCUT2D eigenvalue weighted by Crippen LogP contribution is 2.39. The van der Waals surface area contributed by atoms with Gasteiger partial charge in [0.25, 0.3) is 0 Å². The molecule has 0 saturated carbocycles. The summed E-state index contributed by atoms with van der Waals surface area (Å²) < 4.78 is 1.04. The summed E-state index contributed by atoms with van der Waals surface area (Å²) in [4.78, 5) is 16.5. The van der Waals surface area contributed by atoms with Crippen LogP contribution in [0.4, 0.5) is 0 Å². The minimum absolute atomic E-state index is 0.0505. The van der Waals surface area contributed by atoms with Crippen LogP contribution in [0.1, 0.15) is 29.7 Å². The minimum Gasteiger partial charge on any atom is -0.481 e. The van der Waals surface area contributed by atoms with E-state index < -0.39 is 5.97 Å². The molecule has 2 heterocycles. The van der Waals surface area contributed by atoms with Gasteiger partial charge in [-0.15, -0.1) is 11.3 Å². The Hall–Kier alpha value is -3.23. The molecule has 132 valence electrons. The molecule has 0 aliphatic rings. The van der Waals surface area contributed by atoms with E-state index in [0.717, 1.165) is 36.9 Å². The number of carboxylic acid groups (broad SMARTS) is 1. The molecule has 0 saturated heterocycles. The fourth-order valence-electron chi connectivity index (χ4n) is 3.43. The summed E-state index contributed by atoms with van der Waals surface area (Å²) in [5.74, 6) is -0.846. The van der Waals surface area contributed by atoms with Gasteiger partial charge in [0.1, 0.15) is 0 Å². The van der Waals surface area contributed by atoms with Crippen LogP contribution in [0, 0.1) is 11.3 Å². The zero-order valence-electron chi connectivity index (χ0n) is 14.6.